The molecule has 124 valence electrons. The predicted molar refractivity (Wildman–Crippen MR) is 90.8 cm³/mol. The van der Waals surface area contributed by atoms with E-state index >= 15 is 0 Å². The number of hydrogen-bond acceptors (Lipinski definition) is 4. The standard InChI is InChI=1S/C19H26N2O2/c1-16-12-20(13-17-6-3-2-4-7-17)10-5-11-21(16)14-18-8-9-19(15-22)23-18/h2-4,6-9,16,22H,5,10-15H2,1H3. The molecule has 1 aliphatic rings. The summed E-state index contributed by atoms with van der Waals surface area (Å²) in [6.45, 7) is 7.40. The van der Waals surface area contributed by atoms with Gasteiger partial charge in [-0.3, -0.25) is 9.80 Å². The maximum absolute atomic E-state index is 9.11. The lowest BCUT2D eigenvalue weighted by Gasteiger charge is -2.28. The molecule has 0 radical (unpaired) electrons. The minimum atomic E-state index is -0.0274. The van der Waals surface area contributed by atoms with E-state index in [0.717, 1.165) is 38.5 Å². The Hall–Kier alpha value is -1.62. The van der Waals surface area contributed by atoms with Crippen LogP contribution in [0, 0.1) is 0 Å². The Morgan fingerprint density at radius 2 is 1.83 bits per heavy atom. The first-order chi connectivity index (χ1) is 11.2. The molecule has 1 atom stereocenters. The summed E-state index contributed by atoms with van der Waals surface area (Å²) in [6.07, 6.45) is 1.17. The normalized spacial score (nSPS) is 20.5. The van der Waals surface area contributed by atoms with Crippen molar-refractivity contribution < 1.29 is 9.52 Å². The van der Waals surface area contributed by atoms with Gasteiger partial charge in [0, 0.05) is 25.7 Å². The fourth-order valence-corrected chi connectivity index (χ4v) is 3.31. The summed E-state index contributed by atoms with van der Waals surface area (Å²) < 4.78 is 5.64. The smallest absolute Gasteiger partial charge is 0.129 e. The molecule has 1 N–H and O–H groups in total. The average molecular weight is 314 g/mol. The van der Waals surface area contributed by atoms with Crippen molar-refractivity contribution in [1.82, 2.24) is 9.80 Å². The van der Waals surface area contributed by atoms with Crippen LogP contribution < -0.4 is 0 Å². The lowest BCUT2D eigenvalue weighted by molar-refractivity contribution is 0.166. The van der Waals surface area contributed by atoms with E-state index in [0.29, 0.717) is 11.8 Å². The van der Waals surface area contributed by atoms with Gasteiger partial charge in [-0.1, -0.05) is 30.3 Å². The SMILES string of the molecule is CC1CN(Cc2ccccc2)CCCN1Cc1ccc(CO)o1. The summed E-state index contributed by atoms with van der Waals surface area (Å²) in [7, 11) is 0. The zero-order valence-corrected chi connectivity index (χ0v) is 13.8. The zero-order chi connectivity index (χ0) is 16.1. The lowest BCUT2D eigenvalue weighted by atomic mass is 10.2. The number of rotatable bonds is 5. The zero-order valence-electron chi connectivity index (χ0n) is 13.8. The van der Waals surface area contributed by atoms with Crippen LogP contribution in [-0.4, -0.2) is 40.6 Å². The maximum Gasteiger partial charge on any atom is 0.129 e. The van der Waals surface area contributed by atoms with Crippen molar-refractivity contribution in [3.8, 4) is 0 Å². The van der Waals surface area contributed by atoms with E-state index in [2.05, 4.69) is 47.1 Å². The van der Waals surface area contributed by atoms with E-state index in [1.807, 2.05) is 12.1 Å². The van der Waals surface area contributed by atoms with E-state index in [9.17, 15) is 0 Å². The first-order valence-electron chi connectivity index (χ1n) is 8.43. The minimum Gasteiger partial charge on any atom is -0.462 e. The van der Waals surface area contributed by atoms with E-state index < -0.39 is 0 Å². The molecule has 1 saturated heterocycles. The van der Waals surface area contributed by atoms with Gasteiger partial charge in [0.15, 0.2) is 0 Å². The van der Waals surface area contributed by atoms with Crippen molar-refractivity contribution in [1.29, 1.82) is 0 Å². The van der Waals surface area contributed by atoms with Crippen LogP contribution in [0.5, 0.6) is 0 Å². The Morgan fingerprint density at radius 1 is 1.04 bits per heavy atom. The Labute approximate surface area is 138 Å². The van der Waals surface area contributed by atoms with Crippen molar-refractivity contribution in [3.63, 3.8) is 0 Å². The second kappa shape index (κ2) is 7.77. The molecule has 1 aromatic carbocycles. The molecule has 2 heterocycles. The van der Waals surface area contributed by atoms with Crippen molar-refractivity contribution in [2.75, 3.05) is 19.6 Å². The van der Waals surface area contributed by atoms with Gasteiger partial charge < -0.3 is 9.52 Å². The molecule has 2 aromatic rings. The van der Waals surface area contributed by atoms with Gasteiger partial charge in [0.2, 0.25) is 0 Å². The first-order valence-corrected chi connectivity index (χ1v) is 8.43. The quantitative estimate of drug-likeness (QED) is 0.921. The highest BCUT2D eigenvalue weighted by Gasteiger charge is 2.22. The molecular formula is C19H26N2O2. The van der Waals surface area contributed by atoms with Crippen LogP contribution in [0.25, 0.3) is 0 Å². The summed E-state index contributed by atoms with van der Waals surface area (Å²) in [5.74, 6) is 1.59. The van der Waals surface area contributed by atoms with E-state index in [-0.39, 0.29) is 6.61 Å². The summed E-state index contributed by atoms with van der Waals surface area (Å²) >= 11 is 0. The first kappa shape index (κ1) is 16.2. The second-order valence-corrected chi connectivity index (χ2v) is 6.42. The average Bonchev–Trinajstić information content (AvgIpc) is 2.95. The van der Waals surface area contributed by atoms with Gasteiger partial charge in [-0.2, -0.15) is 0 Å². The monoisotopic (exact) mass is 314 g/mol. The van der Waals surface area contributed by atoms with Gasteiger partial charge in [0.1, 0.15) is 18.1 Å². The largest absolute Gasteiger partial charge is 0.462 e. The molecule has 4 nitrogen and oxygen atoms in total. The molecule has 3 rings (SSSR count). The van der Waals surface area contributed by atoms with Crippen LogP contribution in [0.1, 0.15) is 30.4 Å². The van der Waals surface area contributed by atoms with Crippen molar-refractivity contribution in [3.05, 3.63) is 59.5 Å². The summed E-state index contributed by atoms with van der Waals surface area (Å²) in [5.41, 5.74) is 1.38. The Morgan fingerprint density at radius 3 is 2.57 bits per heavy atom. The minimum absolute atomic E-state index is 0.0274. The van der Waals surface area contributed by atoms with Crippen LogP contribution in [-0.2, 0) is 19.7 Å². The van der Waals surface area contributed by atoms with Crippen LogP contribution in [0.4, 0.5) is 0 Å². The Balaban J connectivity index is 1.58. The maximum atomic E-state index is 9.11. The van der Waals surface area contributed by atoms with Crippen LogP contribution in [0.3, 0.4) is 0 Å². The van der Waals surface area contributed by atoms with Crippen LogP contribution in [0.2, 0.25) is 0 Å². The van der Waals surface area contributed by atoms with Gasteiger partial charge in [0.05, 0.1) is 6.54 Å². The number of benzene rings is 1. The second-order valence-electron chi connectivity index (χ2n) is 6.42. The van der Waals surface area contributed by atoms with Gasteiger partial charge in [-0.25, -0.2) is 0 Å². The summed E-state index contributed by atoms with van der Waals surface area (Å²) in [6, 6.07) is 15.0. The van der Waals surface area contributed by atoms with Gasteiger partial charge >= 0.3 is 0 Å². The molecule has 0 saturated carbocycles. The molecule has 1 fully saturated rings. The third kappa shape index (κ3) is 4.44. The number of nitrogens with zero attached hydrogens (tertiary/aromatic N) is 2. The van der Waals surface area contributed by atoms with Gasteiger partial charge in [0.25, 0.3) is 0 Å². The molecular weight excluding hydrogens is 288 g/mol. The predicted octanol–water partition coefficient (Wildman–Crippen LogP) is 2.87. The fourth-order valence-electron chi connectivity index (χ4n) is 3.31. The molecule has 4 heteroatoms. The van der Waals surface area contributed by atoms with Crippen molar-refractivity contribution in [2.45, 2.75) is 39.1 Å². The van der Waals surface area contributed by atoms with E-state index in [1.54, 1.807) is 0 Å². The van der Waals surface area contributed by atoms with Crippen LogP contribution >= 0.6 is 0 Å². The van der Waals surface area contributed by atoms with Crippen molar-refractivity contribution >= 4 is 0 Å². The molecule has 1 aromatic heterocycles. The van der Waals surface area contributed by atoms with E-state index in [1.165, 1.54) is 12.0 Å². The number of aliphatic hydroxyl groups excluding tert-OH is 1. The highest BCUT2D eigenvalue weighted by Crippen LogP contribution is 2.17. The van der Waals surface area contributed by atoms with Gasteiger partial charge in [-0.05, 0) is 37.6 Å². The molecule has 0 amide bonds. The van der Waals surface area contributed by atoms with E-state index in [4.69, 9.17) is 9.52 Å². The number of aliphatic hydroxyl groups is 1. The molecule has 23 heavy (non-hydrogen) atoms. The Kier molecular flexibility index (Phi) is 5.49. The fraction of sp³-hybridized carbons (Fsp3) is 0.474. The third-order valence-corrected chi connectivity index (χ3v) is 4.55. The third-order valence-electron chi connectivity index (χ3n) is 4.55. The number of hydrogen-bond donors (Lipinski definition) is 1. The molecule has 1 unspecified atom stereocenters. The Bertz CT molecular complexity index is 596. The van der Waals surface area contributed by atoms with Crippen LogP contribution in [0.15, 0.2) is 46.9 Å². The highest BCUT2D eigenvalue weighted by molar-refractivity contribution is 5.14. The lowest BCUT2D eigenvalue weighted by Crippen LogP contribution is -2.38. The molecule has 0 spiro atoms. The van der Waals surface area contributed by atoms with Gasteiger partial charge in [-0.15, -0.1) is 0 Å². The topological polar surface area (TPSA) is 39.9 Å². The highest BCUT2D eigenvalue weighted by atomic mass is 16.4. The molecule has 0 aliphatic carbocycles. The number of furan rings is 1. The summed E-state index contributed by atoms with van der Waals surface area (Å²) in [4.78, 5) is 5.02. The van der Waals surface area contributed by atoms with Crippen molar-refractivity contribution in [2.24, 2.45) is 0 Å². The summed E-state index contributed by atoms with van der Waals surface area (Å²) in [5, 5.41) is 9.11. The molecule has 0 bridgehead atoms. The molecule has 1 aliphatic heterocycles.